The maximum atomic E-state index is 12.7. The maximum absolute atomic E-state index is 12.7. The third kappa shape index (κ3) is 5.32. The molecule has 31 heavy (non-hydrogen) atoms. The molecule has 8 heteroatoms. The van der Waals surface area contributed by atoms with E-state index >= 15 is 0 Å². The molecule has 0 radical (unpaired) electrons. The SMILES string of the molecule is Cc1cc(C)n(Cc2cccc(C(=O)Nc3cnn(COc4cccc(Cl)c4)c3)c2)n1. The van der Waals surface area contributed by atoms with Gasteiger partial charge in [0.2, 0.25) is 0 Å². The van der Waals surface area contributed by atoms with E-state index in [0.29, 0.717) is 28.6 Å². The number of amides is 1. The van der Waals surface area contributed by atoms with E-state index in [9.17, 15) is 4.79 Å². The van der Waals surface area contributed by atoms with Crippen LogP contribution in [0, 0.1) is 13.8 Å². The first kappa shape index (κ1) is 20.7. The molecule has 0 spiro atoms. The van der Waals surface area contributed by atoms with E-state index in [1.807, 2.05) is 54.9 Å². The summed E-state index contributed by atoms with van der Waals surface area (Å²) in [7, 11) is 0. The van der Waals surface area contributed by atoms with Crippen molar-refractivity contribution in [3.05, 3.63) is 94.5 Å². The fourth-order valence-corrected chi connectivity index (χ4v) is 3.40. The highest BCUT2D eigenvalue weighted by molar-refractivity contribution is 6.30. The number of ether oxygens (including phenoxy) is 1. The molecule has 0 fully saturated rings. The van der Waals surface area contributed by atoms with Gasteiger partial charge in [0, 0.05) is 16.3 Å². The molecule has 2 aromatic heterocycles. The summed E-state index contributed by atoms with van der Waals surface area (Å²) in [6, 6.07) is 16.7. The number of nitrogens with zero attached hydrogens (tertiary/aromatic N) is 4. The molecule has 4 aromatic rings. The van der Waals surface area contributed by atoms with Crippen molar-refractivity contribution in [2.24, 2.45) is 0 Å². The van der Waals surface area contributed by atoms with Gasteiger partial charge in [-0.1, -0.05) is 29.8 Å². The van der Waals surface area contributed by atoms with E-state index in [-0.39, 0.29) is 12.6 Å². The lowest BCUT2D eigenvalue weighted by molar-refractivity contribution is 0.102. The van der Waals surface area contributed by atoms with Crippen molar-refractivity contribution >= 4 is 23.2 Å². The molecule has 0 aliphatic heterocycles. The Hall–Kier alpha value is -3.58. The van der Waals surface area contributed by atoms with Crippen LogP contribution in [0.4, 0.5) is 5.69 Å². The Morgan fingerprint density at radius 1 is 1.13 bits per heavy atom. The van der Waals surface area contributed by atoms with Gasteiger partial charge < -0.3 is 10.1 Å². The summed E-state index contributed by atoms with van der Waals surface area (Å²) in [5, 5.41) is 12.2. The van der Waals surface area contributed by atoms with Crippen LogP contribution in [-0.2, 0) is 13.3 Å². The quantitative estimate of drug-likeness (QED) is 0.457. The number of halogens is 1. The predicted octanol–water partition coefficient (Wildman–Crippen LogP) is 4.69. The summed E-state index contributed by atoms with van der Waals surface area (Å²) in [5.41, 5.74) is 4.22. The highest BCUT2D eigenvalue weighted by Gasteiger charge is 2.10. The smallest absolute Gasteiger partial charge is 0.255 e. The van der Waals surface area contributed by atoms with Crippen molar-refractivity contribution in [1.82, 2.24) is 19.6 Å². The minimum absolute atomic E-state index is 0.203. The molecule has 0 atom stereocenters. The summed E-state index contributed by atoms with van der Waals surface area (Å²) in [5.74, 6) is 0.443. The zero-order valence-corrected chi connectivity index (χ0v) is 18.0. The van der Waals surface area contributed by atoms with Crippen LogP contribution in [0.25, 0.3) is 0 Å². The second kappa shape index (κ2) is 9.06. The number of nitrogens with one attached hydrogen (secondary N) is 1. The van der Waals surface area contributed by atoms with Crippen molar-refractivity contribution < 1.29 is 9.53 Å². The van der Waals surface area contributed by atoms with Gasteiger partial charge in [0.05, 0.1) is 30.3 Å². The lowest BCUT2D eigenvalue weighted by Crippen LogP contribution is -2.12. The van der Waals surface area contributed by atoms with Crippen LogP contribution in [0.15, 0.2) is 67.0 Å². The summed E-state index contributed by atoms with van der Waals surface area (Å²) in [6.45, 7) is 4.80. The number of hydrogen-bond acceptors (Lipinski definition) is 4. The third-order valence-corrected chi connectivity index (χ3v) is 4.91. The van der Waals surface area contributed by atoms with Gasteiger partial charge in [-0.2, -0.15) is 10.2 Å². The lowest BCUT2D eigenvalue weighted by atomic mass is 10.1. The molecule has 1 N–H and O–H groups in total. The van der Waals surface area contributed by atoms with Crippen LogP contribution in [0.1, 0.15) is 27.3 Å². The Morgan fingerprint density at radius 3 is 2.74 bits per heavy atom. The van der Waals surface area contributed by atoms with Crippen LogP contribution in [-0.4, -0.2) is 25.5 Å². The molecule has 0 aliphatic carbocycles. The largest absolute Gasteiger partial charge is 0.471 e. The van der Waals surface area contributed by atoms with Crippen LogP contribution in [0.2, 0.25) is 5.02 Å². The summed E-state index contributed by atoms with van der Waals surface area (Å²) in [4.78, 5) is 12.7. The second-order valence-corrected chi connectivity index (χ2v) is 7.67. The van der Waals surface area contributed by atoms with Crippen LogP contribution in [0.5, 0.6) is 5.75 Å². The standard InChI is InChI=1S/C23H22ClN5O2/c1-16-9-17(2)29(27-16)13-18-5-3-6-19(10-18)23(30)26-21-12-25-28(14-21)15-31-22-8-4-7-20(24)11-22/h3-12,14H,13,15H2,1-2H3,(H,26,30). The molecule has 4 rings (SSSR count). The van der Waals surface area contributed by atoms with Crippen molar-refractivity contribution in [3.8, 4) is 5.75 Å². The van der Waals surface area contributed by atoms with Crippen LogP contribution >= 0.6 is 11.6 Å². The van der Waals surface area contributed by atoms with E-state index in [1.54, 1.807) is 35.3 Å². The normalized spacial score (nSPS) is 10.8. The minimum atomic E-state index is -0.203. The van der Waals surface area contributed by atoms with E-state index in [2.05, 4.69) is 15.5 Å². The molecule has 0 saturated carbocycles. The summed E-state index contributed by atoms with van der Waals surface area (Å²) in [6.07, 6.45) is 3.29. The van der Waals surface area contributed by atoms with Gasteiger partial charge in [-0.3, -0.25) is 9.48 Å². The fraction of sp³-hybridized carbons (Fsp3) is 0.174. The lowest BCUT2D eigenvalue weighted by Gasteiger charge is -2.08. The monoisotopic (exact) mass is 435 g/mol. The van der Waals surface area contributed by atoms with Gasteiger partial charge in [-0.25, -0.2) is 4.68 Å². The molecule has 2 aromatic carbocycles. The number of aryl methyl sites for hydroxylation is 2. The van der Waals surface area contributed by atoms with Gasteiger partial charge in [0.15, 0.2) is 6.73 Å². The Balaban J connectivity index is 1.38. The number of carbonyl (C=O) groups excluding carboxylic acids is 1. The molecule has 0 bridgehead atoms. The molecule has 2 heterocycles. The van der Waals surface area contributed by atoms with Gasteiger partial charge in [-0.15, -0.1) is 0 Å². The van der Waals surface area contributed by atoms with Crippen molar-refractivity contribution in [1.29, 1.82) is 0 Å². The maximum Gasteiger partial charge on any atom is 0.255 e. The van der Waals surface area contributed by atoms with E-state index < -0.39 is 0 Å². The molecule has 158 valence electrons. The topological polar surface area (TPSA) is 74.0 Å². The van der Waals surface area contributed by atoms with Crippen molar-refractivity contribution in [2.75, 3.05) is 5.32 Å². The van der Waals surface area contributed by atoms with E-state index in [0.717, 1.165) is 17.0 Å². The first-order chi connectivity index (χ1) is 15.0. The first-order valence-corrected chi connectivity index (χ1v) is 10.2. The highest BCUT2D eigenvalue weighted by atomic mass is 35.5. The average molecular weight is 436 g/mol. The van der Waals surface area contributed by atoms with Crippen molar-refractivity contribution in [3.63, 3.8) is 0 Å². The Kier molecular flexibility index (Phi) is 6.04. The second-order valence-electron chi connectivity index (χ2n) is 7.24. The minimum Gasteiger partial charge on any atom is -0.471 e. The van der Waals surface area contributed by atoms with E-state index in [4.69, 9.17) is 16.3 Å². The average Bonchev–Trinajstić information content (AvgIpc) is 3.32. The summed E-state index contributed by atoms with van der Waals surface area (Å²) < 4.78 is 9.17. The molecule has 0 unspecified atom stereocenters. The van der Waals surface area contributed by atoms with Gasteiger partial charge in [0.1, 0.15) is 5.75 Å². The zero-order valence-electron chi connectivity index (χ0n) is 17.2. The number of anilines is 1. The van der Waals surface area contributed by atoms with E-state index in [1.165, 1.54) is 0 Å². The first-order valence-electron chi connectivity index (χ1n) is 9.78. The molecular formula is C23H22ClN5O2. The molecule has 0 aliphatic rings. The van der Waals surface area contributed by atoms with Gasteiger partial charge in [0.25, 0.3) is 5.91 Å². The Morgan fingerprint density at radius 2 is 1.97 bits per heavy atom. The number of carbonyl (C=O) groups is 1. The van der Waals surface area contributed by atoms with Gasteiger partial charge >= 0.3 is 0 Å². The van der Waals surface area contributed by atoms with Gasteiger partial charge in [-0.05, 0) is 55.8 Å². The molecule has 7 nitrogen and oxygen atoms in total. The molecule has 1 amide bonds. The Bertz CT molecular complexity index is 1210. The number of benzene rings is 2. The molecule has 0 saturated heterocycles. The zero-order chi connectivity index (χ0) is 21.8. The van der Waals surface area contributed by atoms with Crippen LogP contribution in [0.3, 0.4) is 0 Å². The third-order valence-electron chi connectivity index (χ3n) is 4.68. The number of rotatable bonds is 7. The number of hydrogen-bond donors (Lipinski definition) is 1. The van der Waals surface area contributed by atoms with Crippen LogP contribution < -0.4 is 10.1 Å². The predicted molar refractivity (Wildman–Crippen MR) is 120 cm³/mol. The Labute approximate surface area is 185 Å². The highest BCUT2D eigenvalue weighted by Crippen LogP contribution is 2.18. The summed E-state index contributed by atoms with van der Waals surface area (Å²) >= 11 is 5.96. The fourth-order valence-electron chi connectivity index (χ4n) is 3.22. The number of aromatic nitrogens is 4. The van der Waals surface area contributed by atoms with Crippen molar-refractivity contribution in [2.45, 2.75) is 27.1 Å². The molecular weight excluding hydrogens is 414 g/mol.